The number of benzene rings is 2. The second kappa shape index (κ2) is 6.69. The van der Waals surface area contributed by atoms with Crippen LogP contribution in [0.5, 0.6) is 11.5 Å². The molecule has 2 aromatic carbocycles. The molecule has 0 N–H and O–H groups in total. The van der Waals surface area contributed by atoms with Crippen molar-refractivity contribution in [3.63, 3.8) is 0 Å². The number of piperidine rings is 1. The smallest absolute Gasteiger partial charge is 0.257 e. The predicted molar refractivity (Wildman–Crippen MR) is 105 cm³/mol. The molecule has 0 radical (unpaired) electrons. The summed E-state index contributed by atoms with van der Waals surface area (Å²) in [6.07, 6.45) is 1.82. The Bertz CT molecular complexity index is 1030. The fraction of sp³-hybridized carbons (Fsp3) is 0.300. The normalized spacial score (nSPS) is 16.9. The quantitative estimate of drug-likeness (QED) is 0.625. The molecule has 3 aromatic rings. The molecule has 3 heterocycles. The number of carbonyl (C=O) groups is 1. The number of likely N-dealkylation sites (tertiary alicyclic amines) is 1. The number of para-hydroxylation sites is 1. The maximum absolute atomic E-state index is 12.9. The largest absolute Gasteiger partial charge is 0.454 e. The molecule has 0 saturated carbocycles. The third kappa shape index (κ3) is 3.03. The van der Waals surface area contributed by atoms with Crippen molar-refractivity contribution in [1.82, 2.24) is 9.88 Å². The first kappa shape index (κ1) is 16.8. The first-order valence-electron chi connectivity index (χ1n) is 8.93. The van der Waals surface area contributed by atoms with Gasteiger partial charge in [-0.25, -0.2) is 4.98 Å². The topological polar surface area (TPSA) is 51.7 Å². The fourth-order valence-electron chi connectivity index (χ4n) is 3.69. The van der Waals surface area contributed by atoms with Crippen molar-refractivity contribution in [2.75, 3.05) is 19.9 Å². The summed E-state index contributed by atoms with van der Waals surface area (Å²) in [6, 6.07) is 11.3. The molecule has 0 unspecified atom stereocenters. The van der Waals surface area contributed by atoms with Crippen LogP contribution in [0.15, 0.2) is 36.4 Å². The van der Waals surface area contributed by atoms with Crippen molar-refractivity contribution in [1.29, 1.82) is 0 Å². The Hall–Kier alpha value is -2.31. The van der Waals surface area contributed by atoms with Crippen LogP contribution in [-0.4, -0.2) is 35.7 Å². The van der Waals surface area contributed by atoms with Crippen LogP contribution in [0.4, 0.5) is 0 Å². The van der Waals surface area contributed by atoms with Gasteiger partial charge in [0.05, 0.1) is 20.8 Å². The molecular weight excluding hydrogens is 384 g/mol. The number of nitrogens with zero attached hydrogens (tertiary/aromatic N) is 2. The summed E-state index contributed by atoms with van der Waals surface area (Å²) in [4.78, 5) is 19.6. The van der Waals surface area contributed by atoms with Crippen molar-refractivity contribution in [3.8, 4) is 11.5 Å². The molecule has 1 saturated heterocycles. The van der Waals surface area contributed by atoms with E-state index in [1.54, 1.807) is 17.4 Å². The highest BCUT2D eigenvalue weighted by Crippen LogP contribution is 2.38. The van der Waals surface area contributed by atoms with Gasteiger partial charge in [-0.3, -0.25) is 4.79 Å². The van der Waals surface area contributed by atoms with E-state index in [0.29, 0.717) is 41.1 Å². The Morgan fingerprint density at radius 2 is 2.04 bits per heavy atom. The third-order valence-corrected chi connectivity index (χ3v) is 6.56. The average Bonchev–Trinajstić information content (AvgIpc) is 3.33. The molecule has 138 valence electrons. The standard InChI is InChI=1S/C20H17ClN2O3S/c21-13-4-5-17-15(10-13)22-19(27-17)12-6-8-23(9-7-12)20(24)14-2-1-3-16-18(14)26-11-25-16/h1-5,10,12H,6-9,11H2. The van der Waals surface area contributed by atoms with Crippen molar-refractivity contribution in [3.05, 3.63) is 52.0 Å². The van der Waals surface area contributed by atoms with E-state index >= 15 is 0 Å². The Kier molecular flexibility index (Phi) is 4.17. The van der Waals surface area contributed by atoms with Crippen LogP contribution in [0.1, 0.15) is 34.1 Å². The highest BCUT2D eigenvalue weighted by Gasteiger charge is 2.29. The molecule has 0 spiro atoms. The number of hydrogen-bond donors (Lipinski definition) is 0. The Balaban J connectivity index is 1.31. The second-order valence-electron chi connectivity index (χ2n) is 6.77. The minimum absolute atomic E-state index is 0.00637. The summed E-state index contributed by atoms with van der Waals surface area (Å²) in [7, 11) is 0. The molecule has 1 aromatic heterocycles. The van der Waals surface area contributed by atoms with Gasteiger partial charge in [-0.05, 0) is 43.2 Å². The Labute approximate surface area is 165 Å². The van der Waals surface area contributed by atoms with E-state index in [9.17, 15) is 4.79 Å². The van der Waals surface area contributed by atoms with Gasteiger partial charge in [0.2, 0.25) is 6.79 Å². The highest BCUT2D eigenvalue weighted by atomic mass is 35.5. The van der Waals surface area contributed by atoms with Crippen LogP contribution in [0.25, 0.3) is 10.2 Å². The van der Waals surface area contributed by atoms with Gasteiger partial charge >= 0.3 is 0 Å². The summed E-state index contributed by atoms with van der Waals surface area (Å²) in [6.45, 7) is 1.60. The maximum Gasteiger partial charge on any atom is 0.257 e. The third-order valence-electron chi connectivity index (χ3n) is 5.12. The number of amides is 1. The number of rotatable bonds is 2. The first-order chi connectivity index (χ1) is 13.2. The van der Waals surface area contributed by atoms with E-state index in [0.717, 1.165) is 28.1 Å². The van der Waals surface area contributed by atoms with Gasteiger partial charge in [-0.15, -0.1) is 11.3 Å². The van der Waals surface area contributed by atoms with E-state index in [1.807, 2.05) is 35.2 Å². The van der Waals surface area contributed by atoms with Gasteiger partial charge in [0.25, 0.3) is 5.91 Å². The molecule has 5 rings (SSSR count). The van der Waals surface area contributed by atoms with Gasteiger partial charge in [0.1, 0.15) is 0 Å². The number of hydrogen-bond acceptors (Lipinski definition) is 5. The average molecular weight is 401 g/mol. The minimum atomic E-state index is 0.00637. The molecule has 7 heteroatoms. The summed E-state index contributed by atoms with van der Waals surface area (Å²) in [5.41, 5.74) is 1.54. The zero-order chi connectivity index (χ0) is 18.4. The van der Waals surface area contributed by atoms with Gasteiger partial charge in [-0.2, -0.15) is 0 Å². The van der Waals surface area contributed by atoms with E-state index in [2.05, 4.69) is 0 Å². The molecule has 1 fully saturated rings. The summed E-state index contributed by atoms with van der Waals surface area (Å²) in [5, 5.41) is 1.85. The van der Waals surface area contributed by atoms with Gasteiger partial charge < -0.3 is 14.4 Å². The Morgan fingerprint density at radius 1 is 1.19 bits per heavy atom. The maximum atomic E-state index is 12.9. The van der Waals surface area contributed by atoms with Crippen molar-refractivity contribution < 1.29 is 14.3 Å². The number of halogens is 1. The van der Waals surface area contributed by atoms with Gasteiger partial charge in [0, 0.05) is 24.0 Å². The zero-order valence-electron chi connectivity index (χ0n) is 14.5. The van der Waals surface area contributed by atoms with E-state index in [4.69, 9.17) is 26.1 Å². The van der Waals surface area contributed by atoms with E-state index in [-0.39, 0.29) is 12.7 Å². The van der Waals surface area contributed by atoms with Crippen molar-refractivity contribution in [2.45, 2.75) is 18.8 Å². The zero-order valence-corrected chi connectivity index (χ0v) is 16.1. The fourth-order valence-corrected chi connectivity index (χ4v) is 4.97. The lowest BCUT2D eigenvalue weighted by atomic mass is 9.97. The summed E-state index contributed by atoms with van der Waals surface area (Å²) < 4.78 is 12.0. The van der Waals surface area contributed by atoms with Gasteiger partial charge in [0.15, 0.2) is 11.5 Å². The molecule has 1 amide bonds. The number of carbonyl (C=O) groups excluding carboxylic acids is 1. The summed E-state index contributed by atoms with van der Waals surface area (Å²) >= 11 is 7.79. The number of aromatic nitrogens is 1. The summed E-state index contributed by atoms with van der Waals surface area (Å²) in [5.74, 6) is 1.59. The molecule has 0 atom stereocenters. The van der Waals surface area contributed by atoms with E-state index in [1.165, 1.54) is 0 Å². The lowest BCUT2D eigenvalue weighted by Crippen LogP contribution is -2.38. The second-order valence-corrected chi connectivity index (χ2v) is 8.27. The number of thiazole rings is 1. The number of fused-ring (bicyclic) bond motifs is 2. The van der Waals surface area contributed by atoms with Crippen LogP contribution in [0.3, 0.4) is 0 Å². The van der Waals surface area contributed by atoms with Crippen LogP contribution >= 0.6 is 22.9 Å². The SMILES string of the molecule is O=C(c1cccc2c1OCO2)N1CCC(c2nc3cc(Cl)ccc3s2)CC1. The van der Waals surface area contributed by atoms with Crippen LogP contribution in [-0.2, 0) is 0 Å². The van der Waals surface area contributed by atoms with E-state index < -0.39 is 0 Å². The molecule has 27 heavy (non-hydrogen) atoms. The molecular formula is C20H17ClN2O3S. The predicted octanol–water partition coefficient (Wildman–Crippen LogP) is 4.70. The first-order valence-corrected chi connectivity index (χ1v) is 10.1. The van der Waals surface area contributed by atoms with Crippen molar-refractivity contribution >= 4 is 39.1 Å². The van der Waals surface area contributed by atoms with Crippen LogP contribution in [0.2, 0.25) is 5.02 Å². The van der Waals surface area contributed by atoms with Gasteiger partial charge in [-0.1, -0.05) is 17.7 Å². The minimum Gasteiger partial charge on any atom is -0.454 e. The highest BCUT2D eigenvalue weighted by molar-refractivity contribution is 7.18. The molecule has 5 nitrogen and oxygen atoms in total. The Morgan fingerprint density at radius 3 is 2.89 bits per heavy atom. The molecule has 0 bridgehead atoms. The monoisotopic (exact) mass is 400 g/mol. The molecule has 0 aliphatic carbocycles. The van der Waals surface area contributed by atoms with Crippen LogP contribution in [0, 0.1) is 0 Å². The lowest BCUT2D eigenvalue weighted by Gasteiger charge is -2.31. The lowest BCUT2D eigenvalue weighted by molar-refractivity contribution is 0.0708. The van der Waals surface area contributed by atoms with Crippen LogP contribution < -0.4 is 9.47 Å². The molecule has 2 aliphatic heterocycles. The number of ether oxygens (including phenoxy) is 2. The van der Waals surface area contributed by atoms with Crippen molar-refractivity contribution in [2.24, 2.45) is 0 Å². The molecule has 2 aliphatic rings.